The largest absolute Gasteiger partial charge is 0.449 e. The summed E-state index contributed by atoms with van der Waals surface area (Å²) >= 11 is 0. The van der Waals surface area contributed by atoms with Crippen LogP contribution in [0, 0.1) is 5.92 Å². The van der Waals surface area contributed by atoms with Gasteiger partial charge >= 0.3 is 0 Å². The maximum Gasteiger partial charge on any atom is 0.197 e. The summed E-state index contributed by atoms with van der Waals surface area (Å²) in [6, 6.07) is 0. The van der Waals surface area contributed by atoms with Crippen LogP contribution in [-0.4, -0.2) is 4.98 Å². The molecule has 1 aliphatic carbocycles. The Balaban J connectivity index is 0.000000461. The lowest BCUT2D eigenvalue weighted by atomic mass is 9.82. The van der Waals surface area contributed by atoms with Gasteiger partial charge in [0, 0.05) is 5.92 Å². The zero-order valence-electron chi connectivity index (χ0n) is 9.49. The van der Waals surface area contributed by atoms with Gasteiger partial charge in [0.05, 0.1) is 6.20 Å². The first kappa shape index (κ1) is 11.3. The molecular weight excluding hydrogens is 174 g/mol. The quantitative estimate of drug-likeness (QED) is 0.677. The Bertz CT molecular complexity index is 230. The van der Waals surface area contributed by atoms with E-state index in [1.807, 2.05) is 13.8 Å². The van der Waals surface area contributed by atoms with Crippen LogP contribution in [0.15, 0.2) is 16.9 Å². The minimum atomic E-state index is 0.587. The Morgan fingerprint density at radius 2 is 2.14 bits per heavy atom. The Morgan fingerprint density at radius 1 is 1.36 bits per heavy atom. The second-order valence-electron chi connectivity index (χ2n) is 3.84. The molecule has 2 atom stereocenters. The Morgan fingerprint density at radius 3 is 2.71 bits per heavy atom. The van der Waals surface area contributed by atoms with E-state index in [2.05, 4.69) is 11.9 Å². The summed E-state index contributed by atoms with van der Waals surface area (Å²) in [4.78, 5) is 4.21. The van der Waals surface area contributed by atoms with E-state index in [-0.39, 0.29) is 0 Å². The average molecular weight is 195 g/mol. The number of aromatic nitrogens is 1. The molecule has 0 bridgehead atoms. The van der Waals surface area contributed by atoms with Crippen molar-refractivity contribution in [3.8, 4) is 0 Å². The highest BCUT2D eigenvalue weighted by Crippen LogP contribution is 2.34. The maximum absolute atomic E-state index is 5.31. The van der Waals surface area contributed by atoms with Gasteiger partial charge in [-0.2, -0.15) is 0 Å². The van der Waals surface area contributed by atoms with E-state index in [1.54, 1.807) is 12.5 Å². The van der Waals surface area contributed by atoms with Crippen LogP contribution in [-0.2, 0) is 0 Å². The molecule has 0 saturated heterocycles. The molecule has 0 amide bonds. The summed E-state index contributed by atoms with van der Waals surface area (Å²) in [5, 5.41) is 0. The van der Waals surface area contributed by atoms with Gasteiger partial charge in [-0.3, -0.25) is 0 Å². The highest BCUT2D eigenvalue weighted by atomic mass is 16.3. The van der Waals surface area contributed by atoms with Crippen LogP contribution < -0.4 is 0 Å². The van der Waals surface area contributed by atoms with Crippen LogP contribution in [0.5, 0.6) is 0 Å². The highest BCUT2D eigenvalue weighted by molar-refractivity contribution is 4.94. The fourth-order valence-electron chi connectivity index (χ4n) is 2.09. The zero-order valence-corrected chi connectivity index (χ0v) is 9.49. The summed E-state index contributed by atoms with van der Waals surface area (Å²) in [6.07, 6.45) is 8.62. The van der Waals surface area contributed by atoms with Crippen molar-refractivity contribution in [2.24, 2.45) is 5.92 Å². The standard InChI is InChI=1S/C10H15NO.C2H6/c1-8-3-2-4-9(7-8)10-11-5-6-12-10;1-2/h5-6,8-9H,2-4,7H2,1H3;1-2H3. The minimum absolute atomic E-state index is 0.587. The molecule has 2 rings (SSSR count). The third kappa shape index (κ3) is 2.86. The van der Waals surface area contributed by atoms with E-state index >= 15 is 0 Å². The Kier molecular flexibility index (Phi) is 4.71. The van der Waals surface area contributed by atoms with Crippen molar-refractivity contribution < 1.29 is 4.42 Å². The van der Waals surface area contributed by atoms with E-state index in [9.17, 15) is 0 Å². The first-order chi connectivity index (χ1) is 6.86. The first-order valence-electron chi connectivity index (χ1n) is 5.75. The lowest BCUT2D eigenvalue weighted by molar-refractivity contribution is 0.302. The van der Waals surface area contributed by atoms with Crippen molar-refractivity contribution in [2.45, 2.75) is 52.4 Å². The predicted octanol–water partition coefficient (Wildman–Crippen LogP) is 3.99. The molecule has 2 heteroatoms. The smallest absolute Gasteiger partial charge is 0.197 e. The summed E-state index contributed by atoms with van der Waals surface area (Å²) in [5.74, 6) is 2.38. The second-order valence-corrected chi connectivity index (χ2v) is 3.84. The van der Waals surface area contributed by atoms with E-state index in [1.165, 1.54) is 25.7 Å². The monoisotopic (exact) mass is 195 g/mol. The van der Waals surface area contributed by atoms with E-state index < -0.39 is 0 Å². The Hall–Kier alpha value is -0.790. The fourth-order valence-corrected chi connectivity index (χ4v) is 2.09. The van der Waals surface area contributed by atoms with Crippen molar-refractivity contribution >= 4 is 0 Å². The summed E-state index contributed by atoms with van der Waals surface area (Å²) in [7, 11) is 0. The number of hydrogen-bond acceptors (Lipinski definition) is 2. The normalized spacial score (nSPS) is 26.5. The van der Waals surface area contributed by atoms with Crippen LogP contribution in [0.4, 0.5) is 0 Å². The molecule has 0 spiro atoms. The lowest BCUT2D eigenvalue weighted by Crippen LogP contribution is -2.11. The van der Waals surface area contributed by atoms with Gasteiger partial charge in [-0.05, 0) is 18.8 Å². The first-order valence-corrected chi connectivity index (χ1v) is 5.75. The molecule has 0 aliphatic heterocycles. The molecule has 0 aromatic carbocycles. The van der Waals surface area contributed by atoms with Gasteiger partial charge in [0.15, 0.2) is 5.89 Å². The van der Waals surface area contributed by atoms with E-state index in [0.717, 1.165) is 11.8 Å². The van der Waals surface area contributed by atoms with Crippen molar-refractivity contribution in [1.82, 2.24) is 4.98 Å². The van der Waals surface area contributed by atoms with Gasteiger partial charge in [0.25, 0.3) is 0 Å². The average Bonchev–Trinajstić information content (AvgIpc) is 2.74. The molecule has 0 radical (unpaired) electrons. The molecule has 2 unspecified atom stereocenters. The summed E-state index contributed by atoms with van der Waals surface area (Å²) in [5.41, 5.74) is 0. The number of nitrogens with zero attached hydrogens (tertiary/aromatic N) is 1. The number of hydrogen-bond donors (Lipinski definition) is 0. The summed E-state index contributed by atoms with van der Waals surface area (Å²) < 4.78 is 5.31. The van der Waals surface area contributed by atoms with Gasteiger partial charge in [0.1, 0.15) is 6.26 Å². The van der Waals surface area contributed by atoms with E-state index in [0.29, 0.717) is 5.92 Å². The number of rotatable bonds is 1. The fraction of sp³-hybridized carbons (Fsp3) is 0.750. The molecule has 1 fully saturated rings. The van der Waals surface area contributed by atoms with Crippen molar-refractivity contribution in [3.05, 3.63) is 18.4 Å². The zero-order chi connectivity index (χ0) is 10.4. The molecular formula is C12H21NO. The molecule has 2 nitrogen and oxygen atoms in total. The van der Waals surface area contributed by atoms with Gasteiger partial charge in [-0.15, -0.1) is 0 Å². The molecule has 0 N–H and O–H groups in total. The Labute approximate surface area is 86.7 Å². The van der Waals surface area contributed by atoms with Crippen LogP contribution in [0.2, 0.25) is 0 Å². The summed E-state index contributed by atoms with van der Waals surface area (Å²) in [6.45, 7) is 6.31. The van der Waals surface area contributed by atoms with E-state index in [4.69, 9.17) is 4.42 Å². The van der Waals surface area contributed by atoms with Gasteiger partial charge in [-0.1, -0.05) is 33.6 Å². The van der Waals surface area contributed by atoms with Crippen LogP contribution in [0.3, 0.4) is 0 Å². The molecule has 1 aliphatic rings. The van der Waals surface area contributed by atoms with Crippen LogP contribution in [0.1, 0.15) is 58.3 Å². The topological polar surface area (TPSA) is 26.0 Å². The SMILES string of the molecule is CC.CC1CCCC(c2ncco2)C1. The third-order valence-corrected chi connectivity index (χ3v) is 2.74. The lowest BCUT2D eigenvalue weighted by Gasteiger charge is -2.23. The van der Waals surface area contributed by atoms with Gasteiger partial charge < -0.3 is 4.42 Å². The molecule has 1 saturated carbocycles. The van der Waals surface area contributed by atoms with Crippen molar-refractivity contribution in [1.29, 1.82) is 0 Å². The third-order valence-electron chi connectivity index (χ3n) is 2.74. The van der Waals surface area contributed by atoms with Crippen LogP contribution in [0.25, 0.3) is 0 Å². The number of oxazole rings is 1. The van der Waals surface area contributed by atoms with Crippen LogP contribution >= 0.6 is 0 Å². The molecule has 1 heterocycles. The van der Waals surface area contributed by atoms with Gasteiger partial charge in [0.2, 0.25) is 0 Å². The second kappa shape index (κ2) is 5.84. The minimum Gasteiger partial charge on any atom is -0.449 e. The molecule has 1 aromatic heterocycles. The molecule has 14 heavy (non-hydrogen) atoms. The molecule has 80 valence electrons. The maximum atomic E-state index is 5.31. The van der Waals surface area contributed by atoms with Gasteiger partial charge in [-0.25, -0.2) is 4.98 Å². The van der Waals surface area contributed by atoms with Crippen molar-refractivity contribution in [2.75, 3.05) is 0 Å². The van der Waals surface area contributed by atoms with Crippen molar-refractivity contribution in [3.63, 3.8) is 0 Å². The highest BCUT2D eigenvalue weighted by Gasteiger charge is 2.22. The molecule has 1 aromatic rings. The predicted molar refractivity (Wildman–Crippen MR) is 58.2 cm³/mol.